The number of H-pyrrole nitrogens is 2. The number of hydrogen-bond acceptors (Lipinski definition) is 1. The van der Waals surface area contributed by atoms with Gasteiger partial charge in [0.15, 0.2) is 0 Å². The Morgan fingerprint density at radius 2 is 2.06 bits per heavy atom. The van der Waals surface area contributed by atoms with Crippen molar-refractivity contribution in [2.75, 3.05) is 0 Å². The van der Waals surface area contributed by atoms with Crippen molar-refractivity contribution < 1.29 is 9.90 Å². The van der Waals surface area contributed by atoms with E-state index >= 15 is 0 Å². The highest BCUT2D eigenvalue weighted by Crippen LogP contribution is 2.31. The number of halogens is 1. The Labute approximate surface area is 107 Å². The van der Waals surface area contributed by atoms with Crippen LogP contribution in [0.2, 0.25) is 5.02 Å². The summed E-state index contributed by atoms with van der Waals surface area (Å²) in [5.41, 5.74) is 2.67. The predicted molar refractivity (Wildman–Crippen MR) is 70.1 cm³/mol. The summed E-state index contributed by atoms with van der Waals surface area (Å²) in [7, 11) is 0. The van der Waals surface area contributed by atoms with Gasteiger partial charge in [-0.3, -0.25) is 0 Å². The van der Waals surface area contributed by atoms with E-state index in [2.05, 4.69) is 9.97 Å². The van der Waals surface area contributed by atoms with E-state index in [-0.39, 0.29) is 5.69 Å². The number of benzene rings is 1. The molecule has 2 aromatic heterocycles. The van der Waals surface area contributed by atoms with E-state index in [9.17, 15) is 4.79 Å². The lowest BCUT2D eigenvalue weighted by Crippen LogP contribution is -1.95. The van der Waals surface area contributed by atoms with Gasteiger partial charge in [-0.1, -0.05) is 23.7 Å². The Balaban J connectivity index is 2.19. The molecule has 3 aromatic rings. The molecule has 3 rings (SSSR count). The molecule has 0 aliphatic heterocycles. The van der Waals surface area contributed by atoms with Gasteiger partial charge in [-0.05, 0) is 18.2 Å². The third-order valence-electron chi connectivity index (χ3n) is 2.87. The zero-order valence-electron chi connectivity index (χ0n) is 9.20. The molecule has 5 heteroatoms. The summed E-state index contributed by atoms with van der Waals surface area (Å²) in [5, 5.41) is 10.5. The van der Waals surface area contributed by atoms with E-state index in [1.54, 1.807) is 12.1 Å². The van der Waals surface area contributed by atoms with Crippen LogP contribution in [0.3, 0.4) is 0 Å². The number of nitrogens with one attached hydrogen (secondary N) is 2. The van der Waals surface area contributed by atoms with E-state index in [0.717, 1.165) is 22.2 Å². The molecule has 2 heterocycles. The molecule has 0 aliphatic rings. The number of rotatable bonds is 2. The lowest BCUT2D eigenvalue weighted by Gasteiger charge is -1.97. The van der Waals surface area contributed by atoms with Crippen molar-refractivity contribution >= 4 is 28.5 Å². The highest BCUT2D eigenvalue weighted by molar-refractivity contribution is 6.35. The molecule has 0 saturated carbocycles. The van der Waals surface area contributed by atoms with Crippen LogP contribution in [0.15, 0.2) is 36.5 Å². The minimum Gasteiger partial charge on any atom is -0.477 e. The normalized spacial score (nSPS) is 10.9. The van der Waals surface area contributed by atoms with Crippen molar-refractivity contribution in [1.82, 2.24) is 9.97 Å². The number of para-hydroxylation sites is 1. The first-order valence-corrected chi connectivity index (χ1v) is 5.73. The zero-order chi connectivity index (χ0) is 12.7. The molecule has 0 radical (unpaired) electrons. The summed E-state index contributed by atoms with van der Waals surface area (Å²) < 4.78 is 0. The van der Waals surface area contributed by atoms with Crippen molar-refractivity contribution in [3.8, 4) is 11.3 Å². The second-order valence-corrected chi connectivity index (χ2v) is 4.36. The lowest BCUT2D eigenvalue weighted by atomic mass is 10.1. The quantitative estimate of drug-likeness (QED) is 0.660. The van der Waals surface area contributed by atoms with Crippen LogP contribution in [0.4, 0.5) is 0 Å². The van der Waals surface area contributed by atoms with Crippen LogP contribution in [0, 0.1) is 0 Å². The number of carboxylic acids is 1. The number of aromatic carboxylic acids is 1. The number of fused-ring (bicyclic) bond motifs is 1. The van der Waals surface area contributed by atoms with Gasteiger partial charge in [0.1, 0.15) is 5.69 Å². The summed E-state index contributed by atoms with van der Waals surface area (Å²) in [6.07, 6.45) is 1.81. The van der Waals surface area contributed by atoms with Gasteiger partial charge in [-0.2, -0.15) is 0 Å². The summed E-state index contributed by atoms with van der Waals surface area (Å²) in [6, 6.07) is 8.90. The van der Waals surface area contributed by atoms with E-state index < -0.39 is 5.97 Å². The summed E-state index contributed by atoms with van der Waals surface area (Å²) in [4.78, 5) is 16.8. The van der Waals surface area contributed by atoms with E-state index in [4.69, 9.17) is 16.7 Å². The maximum absolute atomic E-state index is 10.8. The Morgan fingerprint density at radius 1 is 1.22 bits per heavy atom. The number of carboxylic acid groups (broad SMARTS) is 1. The minimum atomic E-state index is -0.973. The molecule has 0 spiro atoms. The molecule has 0 atom stereocenters. The van der Waals surface area contributed by atoms with Crippen LogP contribution >= 0.6 is 11.6 Å². The smallest absolute Gasteiger partial charge is 0.352 e. The average molecular weight is 261 g/mol. The maximum Gasteiger partial charge on any atom is 0.352 e. The zero-order valence-corrected chi connectivity index (χ0v) is 9.95. The Morgan fingerprint density at radius 3 is 2.78 bits per heavy atom. The molecule has 0 unspecified atom stereocenters. The molecule has 0 saturated heterocycles. The van der Waals surface area contributed by atoms with Crippen LogP contribution in [-0.4, -0.2) is 21.0 Å². The van der Waals surface area contributed by atoms with Crippen LogP contribution in [0.5, 0.6) is 0 Å². The third-order valence-corrected chi connectivity index (χ3v) is 3.19. The van der Waals surface area contributed by atoms with E-state index in [1.807, 2.05) is 24.4 Å². The summed E-state index contributed by atoms with van der Waals surface area (Å²) in [6.45, 7) is 0. The molecule has 0 bridgehead atoms. The van der Waals surface area contributed by atoms with Gasteiger partial charge in [0.25, 0.3) is 0 Å². The standard InChI is InChI=1S/C13H9ClN2O2/c14-9-3-1-2-7-8(6-15-12(7)9)10-4-5-11(16-10)13(17)18/h1-6,15-16H,(H,17,18). The first kappa shape index (κ1) is 10.9. The molecule has 0 amide bonds. The molecule has 0 fully saturated rings. The maximum atomic E-state index is 10.8. The van der Waals surface area contributed by atoms with Gasteiger partial charge >= 0.3 is 5.97 Å². The van der Waals surface area contributed by atoms with E-state index in [0.29, 0.717) is 5.02 Å². The Bertz CT molecular complexity index is 742. The number of aromatic nitrogens is 2. The average Bonchev–Trinajstić information content (AvgIpc) is 2.94. The highest BCUT2D eigenvalue weighted by atomic mass is 35.5. The second-order valence-electron chi connectivity index (χ2n) is 3.96. The predicted octanol–water partition coefficient (Wildman–Crippen LogP) is 3.51. The van der Waals surface area contributed by atoms with Gasteiger partial charge in [0.2, 0.25) is 0 Å². The highest BCUT2D eigenvalue weighted by Gasteiger charge is 2.11. The van der Waals surface area contributed by atoms with Gasteiger partial charge < -0.3 is 15.1 Å². The molecule has 0 aliphatic carbocycles. The van der Waals surface area contributed by atoms with Gasteiger partial charge in [0, 0.05) is 22.8 Å². The Hall–Kier alpha value is -2.20. The molecule has 3 N–H and O–H groups in total. The Kier molecular flexibility index (Phi) is 2.38. The minimum absolute atomic E-state index is 0.168. The SMILES string of the molecule is O=C(O)c1ccc(-c2c[nH]c3c(Cl)cccc23)[nH]1. The van der Waals surface area contributed by atoms with Crippen LogP contribution in [0.1, 0.15) is 10.5 Å². The molecule has 4 nitrogen and oxygen atoms in total. The van der Waals surface area contributed by atoms with Gasteiger partial charge in [0.05, 0.1) is 10.5 Å². The molecular formula is C13H9ClN2O2. The number of hydrogen-bond donors (Lipinski definition) is 3. The van der Waals surface area contributed by atoms with Crippen LogP contribution in [-0.2, 0) is 0 Å². The van der Waals surface area contributed by atoms with Crippen molar-refractivity contribution in [2.45, 2.75) is 0 Å². The molecular weight excluding hydrogens is 252 g/mol. The van der Waals surface area contributed by atoms with Crippen molar-refractivity contribution in [3.05, 3.63) is 47.2 Å². The van der Waals surface area contributed by atoms with Crippen molar-refractivity contribution in [3.63, 3.8) is 0 Å². The topological polar surface area (TPSA) is 68.9 Å². The van der Waals surface area contributed by atoms with Gasteiger partial charge in [-0.15, -0.1) is 0 Å². The molecule has 18 heavy (non-hydrogen) atoms. The molecule has 1 aromatic carbocycles. The van der Waals surface area contributed by atoms with Crippen LogP contribution < -0.4 is 0 Å². The monoisotopic (exact) mass is 260 g/mol. The second kappa shape index (κ2) is 3.92. The van der Waals surface area contributed by atoms with Crippen LogP contribution in [0.25, 0.3) is 22.2 Å². The summed E-state index contributed by atoms with van der Waals surface area (Å²) in [5.74, 6) is -0.973. The lowest BCUT2D eigenvalue weighted by molar-refractivity contribution is 0.0691. The fourth-order valence-corrected chi connectivity index (χ4v) is 2.25. The fourth-order valence-electron chi connectivity index (χ4n) is 2.02. The third kappa shape index (κ3) is 1.58. The summed E-state index contributed by atoms with van der Waals surface area (Å²) >= 11 is 6.08. The largest absolute Gasteiger partial charge is 0.477 e. The fraction of sp³-hybridized carbons (Fsp3) is 0. The van der Waals surface area contributed by atoms with E-state index in [1.165, 1.54) is 0 Å². The molecule has 90 valence electrons. The first-order chi connectivity index (χ1) is 8.66. The van der Waals surface area contributed by atoms with Crippen molar-refractivity contribution in [1.29, 1.82) is 0 Å². The van der Waals surface area contributed by atoms with Gasteiger partial charge in [-0.25, -0.2) is 4.79 Å². The number of carbonyl (C=O) groups is 1. The van der Waals surface area contributed by atoms with Crippen molar-refractivity contribution in [2.24, 2.45) is 0 Å². The first-order valence-electron chi connectivity index (χ1n) is 5.35. The number of aromatic amines is 2.